The van der Waals surface area contributed by atoms with Gasteiger partial charge in [0.05, 0.1) is 0 Å². The first-order valence-corrected chi connectivity index (χ1v) is 10.9. The molecule has 0 aliphatic rings. The molecule has 0 N–H and O–H groups in total. The van der Waals surface area contributed by atoms with Crippen LogP contribution in [0.5, 0.6) is 5.75 Å². The van der Waals surface area contributed by atoms with Gasteiger partial charge in [-0.15, -0.1) is 0 Å². The third kappa shape index (κ3) is 5.88. The van der Waals surface area contributed by atoms with Crippen molar-refractivity contribution in [3.63, 3.8) is 0 Å². The van der Waals surface area contributed by atoms with E-state index in [9.17, 15) is 4.79 Å². The molecule has 0 aliphatic heterocycles. The number of hydrogen-bond acceptors (Lipinski definition) is 3. The summed E-state index contributed by atoms with van der Waals surface area (Å²) in [6.45, 7) is 7.46. The van der Waals surface area contributed by atoms with E-state index >= 15 is 0 Å². The van der Waals surface area contributed by atoms with E-state index in [0.29, 0.717) is 5.75 Å². The Labute approximate surface area is 176 Å². The van der Waals surface area contributed by atoms with Crippen molar-refractivity contribution in [3.8, 4) is 5.75 Å². The zero-order chi connectivity index (χ0) is 20.9. The molecular formula is C25H27O3S+. The van der Waals surface area contributed by atoms with Gasteiger partial charge < -0.3 is 9.47 Å². The molecule has 29 heavy (non-hydrogen) atoms. The highest BCUT2D eigenvalue weighted by Crippen LogP contribution is 2.37. The van der Waals surface area contributed by atoms with E-state index in [1.165, 1.54) is 9.79 Å². The highest BCUT2D eigenvalue weighted by molar-refractivity contribution is 7.97. The van der Waals surface area contributed by atoms with Crippen LogP contribution >= 0.6 is 0 Å². The normalized spacial score (nSPS) is 11.3. The molecule has 150 valence electrons. The monoisotopic (exact) mass is 407 g/mol. The summed E-state index contributed by atoms with van der Waals surface area (Å²) < 4.78 is 11.4. The van der Waals surface area contributed by atoms with E-state index in [-0.39, 0.29) is 23.5 Å². The number of hydrogen-bond donors (Lipinski definition) is 0. The van der Waals surface area contributed by atoms with Gasteiger partial charge in [0, 0.05) is 0 Å². The van der Waals surface area contributed by atoms with E-state index in [1.807, 2.05) is 70.2 Å². The Kier molecular flexibility index (Phi) is 6.65. The molecule has 0 atom stereocenters. The van der Waals surface area contributed by atoms with Gasteiger partial charge in [-0.25, -0.2) is 4.79 Å². The van der Waals surface area contributed by atoms with Gasteiger partial charge in [-0.1, -0.05) is 42.5 Å². The molecule has 0 unspecified atom stereocenters. The molecule has 0 aromatic heterocycles. The lowest BCUT2D eigenvalue weighted by molar-refractivity contribution is -0.157. The van der Waals surface area contributed by atoms with Crippen molar-refractivity contribution >= 4 is 16.9 Å². The van der Waals surface area contributed by atoms with Gasteiger partial charge in [-0.2, -0.15) is 0 Å². The van der Waals surface area contributed by atoms with Crippen molar-refractivity contribution < 1.29 is 14.3 Å². The lowest BCUT2D eigenvalue weighted by Crippen LogP contribution is -2.27. The Morgan fingerprint density at radius 3 is 1.93 bits per heavy atom. The maximum atomic E-state index is 12.2. The van der Waals surface area contributed by atoms with Crippen LogP contribution < -0.4 is 4.74 Å². The van der Waals surface area contributed by atoms with Crippen LogP contribution in [0.4, 0.5) is 0 Å². The number of ether oxygens (including phenoxy) is 2. The molecule has 3 aromatic carbocycles. The minimum atomic E-state index is -0.533. The smallest absolute Gasteiger partial charge is 0.344 e. The first-order valence-electron chi connectivity index (χ1n) is 9.63. The van der Waals surface area contributed by atoms with Gasteiger partial charge in [0.15, 0.2) is 22.1 Å². The van der Waals surface area contributed by atoms with Gasteiger partial charge in [0.25, 0.3) is 0 Å². The second-order valence-electron chi connectivity index (χ2n) is 7.76. The summed E-state index contributed by atoms with van der Waals surface area (Å²) in [7, 11) is -0.345. The molecule has 0 saturated heterocycles. The van der Waals surface area contributed by atoms with E-state index in [4.69, 9.17) is 9.47 Å². The van der Waals surface area contributed by atoms with Crippen LogP contribution in [0, 0.1) is 6.92 Å². The number of carbonyl (C=O) groups excluding carboxylic acids is 1. The molecule has 0 spiro atoms. The van der Waals surface area contributed by atoms with Crippen molar-refractivity contribution in [2.45, 2.75) is 48.0 Å². The number of esters is 1. The molecule has 0 aliphatic carbocycles. The molecule has 0 radical (unpaired) electrons. The fourth-order valence-electron chi connectivity index (χ4n) is 2.91. The van der Waals surface area contributed by atoms with Crippen molar-refractivity contribution in [1.29, 1.82) is 0 Å². The summed E-state index contributed by atoms with van der Waals surface area (Å²) in [5.41, 5.74) is 0.548. The molecule has 4 heteroatoms. The molecule has 3 rings (SSSR count). The highest BCUT2D eigenvalue weighted by atomic mass is 32.2. The van der Waals surface area contributed by atoms with Crippen molar-refractivity contribution in [2.24, 2.45) is 0 Å². The average Bonchev–Trinajstić information content (AvgIpc) is 2.68. The predicted octanol–water partition coefficient (Wildman–Crippen LogP) is 5.81. The Morgan fingerprint density at radius 1 is 0.862 bits per heavy atom. The van der Waals surface area contributed by atoms with Gasteiger partial charge in [-0.3, -0.25) is 0 Å². The molecule has 3 aromatic rings. The minimum absolute atomic E-state index is 0.117. The molecular weight excluding hydrogens is 380 g/mol. The number of carbonyl (C=O) groups is 1. The van der Waals surface area contributed by atoms with Crippen LogP contribution in [0.25, 0.3) is 0 Å². The quantitative estimate of drug-likeness (QED) is 0.382. The van der Waals surface area contributed by atoms with Crippen molar-refractivity contribution in [3.05, 3.63) is 84.4 Å². The summed E-state index contributed by atoms with van der Waals surface area (Å²) in [4.78, 5) is 15.6. The van der Waals surface area contributed by atoms with Gasteiger partial charge in [-0.05, 0) is 69.7 Å². The topological polar surface area (TPSA) is 35.5 Å². The maximum Gasteiger partial charge on any atom is 0.344 e. The zero-order valence-corrected chi connectivity index (χ0v) is 18.2. The number of rotatable bonds is 6. The van der Waals surface area contributed by atoms with Crippen molar-refractivity contribution in [2.75, 3.05) is 6.61 Å². The lowest BCUT2D eigenvalue weighted by Gasteiger charge is -2.20. The van der Waals surface area contributed by atoms with Crippen LogP contribution in [0.15, 0.2) is 93.5 Å². The van der Waals surface area contributed by atoms with Crippen molar-refractivity contribution in [1.82, 2.24) is 0 Å². The second kappa shape index (κ2) is 9.19. The van der Waals surface area contributed by atoms with Gasteiger partial charge in [0.1, 0.15) is 16.5 Å². The summed E-state index contributed by atoms with van der Waals surface area (Å²) in [5, 5.41) is 0. The molecule has 0 saturated carbocycles. The summed E-state index contributed by atoms with van der Waals surface area (Å²) in [5.74, 6) is 0.344. The predicted molar refractivity (Wildman–Crippen MR) is 118 cm³/mol. The Bertz CT molecular complexity index is 907. The Balaban J connectivity index is 1.98. The first-order chi connectivity index (χ1) is 13.8. The molecule has 0 fully saturated rings. The molecule has 0 bridgehead atoms. The fourth-order valence-corrected chi connectivity index (χ4v) is 5.07. The van der Waals surface area contributed by atoms with Crippen LogP contribution in [0.2, 0.25) is 0 Å². The Morgan fingerprint density at radius 2 is 1.41 bits per heavy atom. The van der Waals surface area contributed by atoms with Gasteiger partial charge >= 0.3 is 5.97 Å². The van der Waals surface area contributed by atoms with Gasteiger partial charge in [0.2, 0.25) is 4.90 Å². The van der Waals surface area contributed by atoms with Crippen LogP contribution in [-0.2, 0) is 20.4 Å². The average molecular weight is 408 g/mol. The largest absolute Gasteiger partial charge is 0.477 e. The first kappa shape index (κ1) is 21.0. The van der Waals surface area contributed by atoms with Crippen LogP contribution in [0.1, 0.15) is 26.3 Å². The van der Waals surface area contributed by atoms with E-state index in [1.54, 1.807) is 0 Å². The number of aryl methyl sites for hydroxylation is 1. The van der Waals surface area contributed by atoms with E-state index in [0.717, 1.165) is 10.5 Å². The molecule has 0 amide bonds. The standard InChI is InChI=1S/C25H27O3S/c1-19-15-16-23(22(17-19)27-18-24(26)28-25(2,3)4)29(20-11-7-5-8-12-20)21-13-9-6-10-14-21/h5-17H,18H2,1-4H3/q+1. The number of benzene rings is 3. The van der Waals surface area contributed by atoms with Crippen LogP contribution in [0.3, 0.4) is 0 Å². The third-order valence-electron chi connectivity index (χ3n) is 4.04. The molecule has 3 nitrogen and oxygen atoms in total. The lowest BCUT2D eigenvalue weighted by atomic mass is 10.2. The summed E-state index contributed by atoms with van der Waals surface area (Å²) >= 11 is 0. The summed E-state index contributed by atoms with van der Waals surface area (Å²) in [6.07, 6.45) is 0. The maximum absolute atomic E-state index is 12.2. The van der Waals surface area contributed by atoms with E-state index < -0.39 is 5.60 Å². The SMILES string of the molecule is Cc1ccc([S+](c2ccccc2)c2ccccc2)c(OCC(=O)OC(C)(C)C)c1. The van der Waals surface area contributed by atoms with Crippen LogP contribution in [-0.4, -0.2) is 18.2 Å². The zero-order valence-electron chi connectivity index (χ0n) is 17.3. The van der Waals surface area contributed by atoms with E-state index in [2.05, 4.69) is 36.4 Å². The highest BCUT2D eigenvalue weighted by Gasteiger charge is 2.32. The molecule has 0 heterocycles. The Hall–Kier alpha value is -2.72. The minimum Gasteiger partial charge on any atom is -0.477 e. The third-order valence-corrected chi connectivity index (χ3v) is 6.31. The fraction of sp³-hybridized carbons (Fsp3) is 0.240. The second-order valence-corrected chi connectivity index (χ2v) is 9.75. The summed E-state index contributed by atoms with van der Waals surface area (Å²) in [6, 6.07) is 26.9.